The minimum Gasteiger partial charge on any atom is -0.494 e. The van der Waals surface area contributed by atoms with Crippen molar-refractivity contribution in [3.63, 3.8) is 0 Å². The molecule has 0 aliphatic rings. The third-order valence-corrected chi connectivity index (χ3v) is 5.45. The van der Waals surface area contributed by atoms with Gasteiger partial charge in [-0.05, 0) is 35.9 Å². The van der Waals surface area contributed by atoms with Gasteiger partial charge in [-0.25, -0.2) is 9.97 Å². The maximum Gasteiger partial charge on any atom is 0.314 e. The van der Waals surface area contributed by atoms with Gasteiger partial charge in [0.15, 0.2) is 17.3 Å². The van der Waals surface area contributed by atoms with E-state index >= 15 is 0 Å². The number of benzene rings is 2. The van der Waals surface area contributed by atoms with Gasteiger partial charge in [0.2, 0.25) is 5.89 Å². The van der Waals surface area contributed by atoms with Crippen molar-refractivity contribution in [2.75, 3.05) is 14.2 Å². The second-order valence-electron chi connectivity index (χ2n) is 7.80. The van der Waals surface area contributed by atoms with E-state index in [9.17, 15) is 14.7 Å². The molecule has 0 aliphatic carbocycles. The van der Waals surface area contributed by atoms with E-state index in [1.54, 1.807) is 37.4 Å². The van der Waals surface area contributed by atoms with Gasteiger partial charge in [0, 0.05) is 18.2 Å². The minimum atomic E-state index is -1.41. The lowest BCUT2D eigenvalue weighted by Gasteiger charge is -2.12. The molecule has 0 bridgehead atoms. The van der Waals surface area contributed by atoms with E-state index < -0.39 is 17.7 Å². The van der Waals surface area contributed by atoms with E-state index in [1.165, 1.54) is 19.6 Å². The molecule has 0 amide bonds. The Balaban J connectivity index is 1.54. The van der Waals surface area contributed by atoms with E-state index in [4.69, 9.17) is 18.6 Å². The van der Waals surface area contributed by atoms with Gasteiger partial charge >= 0.3 is 5.97 Å². The van der Waals surface area contributed by atoms with Gasteiger partial charge in [-0.2, -0.15) is 0 Å². The first-order valence-corrected chi connectivity index (χ1v) is 11.1. The van der Waals surface area contributed by atoms with Crippen molar-refractivity contribution in [2.45, 2.75) is 13.0 Å². The fourth-order valence-electron chi connectivity index (χ4n) is 3.60. The van der Waals surface area contributed by atoms with Crippen molar-refractivity contribution in [1.82, 2.24) is 9.97 Å². The van der Waals surface area contributed by atoms with Crippen LogP contribution in [0.5, 0.6) is 17.2 Å². The molecule has 2 aromatic heterocycles. The maximum atomic E-state index is 12.9. The van der Waals surface area contributed by atoms with E-state index in [1.807, 2.05) is 30.3 Å². The molecule has 0 radical (unpaired) electrons. The van der Waals surface area contributed by atoms with E-state index in [2.05, 4.69) is 9.97 Å². The molecular formula is C27H24N2O7. The minimum absolute atomic E-state index is 0.0496. The first-order chi connectivity index (χ1) is 17.5. The van der Waals surface area contributed by atoms with Crippen LogP contribution in [-0.2, 0) is 17.8 Å². The van der Waals surface area contributed by atoms with Gasteiger partial charge in [-0.15, -0.1) is 0 Å². The third kappa shape index (κ3) is 5.52. The smallest absolute Gasteiger partial charge is 0.314 e. The van der Waals surface area contributed by atoms with Gasteiger partial charge in [-0.1, -0.05) is 30.3 Å². The lowest BCUT2D eigenvalue weighted by molar-refractivity contribution is -0.139. The zero-order valence-electron chi connectivity index (χ0n) is 19.7. The number of carbonyl (C=O) groups excluding carboxylic acids is 1. The third-order valence-electron chi connectivity index (χ3n) is 5.45. The van der Waals surface area contributed by atoms with Crippen molar-refractivity contribution in [3.8, 4) is 28.7 Å². The summed E-state index contributed by atoms with van der Waals surface area (Å²) in [6.45, 7) is 0.344. The second-order valence-corrected chi connectivity index (χ2v) is 7.80. The monoisotopic (exact) mass is 488 g/mol. The van der Waals surface area contributed by atoms with Crippen molar-refractivity contribution >= 4 is 11.8 Å². The number of rotatable bonds is 11. The van der Waals surface area contributed by atoms with Crippen LogP contribution in [0.15, 0.2) is 77.5 Å². The summed E-state index contributed by atoms with van der Waals surface area (Å²) in [5.41, 5.74) is 1.86. The number of aliphatic carboxylic acids is 1. The van der Waals surface area contributed by atoms with Crippen LogP contribution < -0.4 is 14.2 Å². The molecule has 1 atom stereocenters. The molecule has 2 aromatic carbocycles. The largest absolute Gasteiger partial charge is 0.494 e. The Labute approximate surface area is 207 Å². The molecule has 36 heavy (non-hydrogen) atoms. The summed E-state index contributed by atoms with van der Waals surface area (Å²) in [5, 5.41) is 9.72. The summed E-state index contributed by atoms with van der Waals surface area (Å²) >= 11 is 0. The highest BCUT2D eigenvalue weighted by Gasteiger charge is 2.31. The van der Waals surface area contributed by atoms with Crippen LogP contribution in [0, 0.1) is 5.92 Å². The molecule has 1 unspecified atom stereocenters. The fraction of sp³-hybridized carbons (Fsp3) is 0.185. The standard InChI is InChI=1S/C27H24N2O7/c1-33-21-11-10-18(13-23(21)35-15-17-7-4-3-5-8-17)26-29-19(16-36-26)14-20(27(31)32)25(30)24-22(34-2)9-6-12-28-24/h3-13,16,20H,14-15H2,1-2H3,(H,31,32). The Morgan fingerprint density at radius 3 is 2.47 bits per heavy atom. The molecule has 4 aromatic rings. The first-order valence-electron chi connectivity index (χ1n) is 11.1. The maximum absolute atomic E-state index is 12.9. The molecule has 0 fully saturated rings. The Hall–Kier alpha value is -4.66. The second kappa shape index (κ2) is 11.2. The number of Topliss-reactive ketones (excluding diaryl/α,β-unsaturated/α-hetero) is 1. The Morgan fingerprint density at radius 1 is 0.972 bits per heavy atom. The Morgan fingerprint density at radius 2 is 1.75 bits per heavy atom. The zero-order chi connectivity index (χ0) is 25.5. The van der Waals surface area contributed by atoms with E-state index in [0.29, 0.717) is 29.4 Å². The molecule has 1 N–H and O–H groups in total. The number of methoxy groups -OCH3 is 2. The fourth-order valence-corrected chi connectivity index (χ4v) is 3.60. The van der Waals surface area contributed by atoms with Gasteiger partial charge in [0.05, 0.1) is 19.9 Å². The van der Waals surface area contributed by atoms with Crippen LogP contribution in [0.1, 0.15) is 21.7 Å². The molecular weight excluding hydrogens is 464 g/mol. The predicted molar refractivity (Wildman–Crippen MR) is 129 cm³/mol. The van der Waals surface area contributed by atoms with Crippen molar-refractivity contribution in [1.29, 1.82) is 0 Å². The SMILES string of the molecule is COc1ccc(-c2nc(CC(C(=O)O)C(=O)c3ncccc3OC)co2)cc1OCc1ccccc1. The molecule has 9 heteroatoms. The summed E-state index contributed by atoms with van der Waals surface area (Å²) in [5.74, 6) is -1.88. The molecule has 0 aliphatic heterocycles. The average Bonchev–Trinajstić information content (AvgIpc) is 3.39. The molecule has 0 saturated heterocycles. The number of ether oxygens (including phenoxy) is 3. The number of oxazole rings is 1. The molecule has 0 saturated carbocycles. The predicted octanol–water partition coefficient (Wildman–Crippen LogP) is 4.46. The van der Waals surface area contributed by atoms with Crippen molar-refractivity contribution < 1.29 is 33.3 Å². The molecule has 0 spiro atoms. The zero-order valence-corrected chi connectivity index (χ0v) is 19.7. The number of carbonyl (C=O) groups is 2. The van der Waals surface area contributed by atoms with Crippen LogP contribution in [0.2, 0.25) is 0 Å². The number of hydrogen-bond acceptors (Lipinski definition) is 8. The van der Waals surface area contributed by atoms with Gasteiger partial charge in [0.1, 0.15) is 30.2 Å². The van der Waals surface area contributed by atoms with Gasteiger partial charge in [0.25, 0.3) is 0 Å². The summed E-state index contributed by atoms with van der Waals surface area (Å²) in [4.78, 5) is 33.3. The highest BCUT2D eigenvalue weighted by atomic mass is 16.5. The number of carboxylic acids is 1. The highest BCUT2D eigenvalue weighted by molar-refractivity contribution is 6.08. The topological polar surface area (TPSA) is 121 Å². The lowest BCUT2D eigenvalue weighted by atomic mass is 9.96. The average molecular weight is 488 g/mol. The number of ketones is 1. The number of nitrogens with zero attached hydrogens (tertiary/aromatic N) is 2. The molecule has 184 valence electrons. The van der Waals surface area contributed by atoms with Crippen molar-refractivity contribution in [2.24, 2.45) is 5.92 Å². The molecule has 4 rings (SSSR count). The van der Waals surface area contributed by atoms with E-state index in [0.717, 1.165) is 5.56 Å². The molecule has 2 heterocycles. The van der Waals surface area contributed by atoms with E-state index in [-0.39, 0.29) is 23.8 Å². The number of hydrogen-bond donors (Lipinski definition) is 1. The Kier molecular flexibility index (Phi) is 7.60. The highest BCUT2D eigenvalue weighted by Crippen LogP contribution is 2.33. The van der Waals surface area contributed by atoms with Crippen LogP contribution in [0.3, 0.4) is 0 Å². The summed E-state index contributed by atoms with van der Waals surface area (Å²) in [7, 11) is 2.94. The molecule has 9 nitrogen and oxygen atoms in total. The van der Waals surface area contributed by atoms with Crippen LogP contribution in [0.25, 0.3) is 11.5 Å². The summed E-state index contributed by atoms with van der Waals surface area (Å²) in [6, 6.07) is 18.1. The quantitative estimate of drug-likeness (QED) is 0.241. The van der Waals surface area contributed by atoms with Gasteiger partial charge in [-0.3, -0.25) is 9.59 Å². The first kappa shape index (κ1) is 24.5. The van der Waals surface area contributed by atoms with Crippen LogP contribution in [0.4, 0.5) is 0 Å². The van der Waals surface area contributed by atoms with Crippen molar-refractivity contribution in [3.05, 3.63) is 90.1 Å². The van der Waals surface area contributed by atoms with Gasteiger partial charge < -0.3 is 23.7 Å². The van der Waals surface area contributed by atoms with Crippen LogP contribution in [-0.4, -0.2) is 41.0 Å². The number of carboxylic acid groups (broad SMARTS) is 1. The number of aromatic nitrogens is 2. The Bertz CT molecular complexity index is 1350. The lowest BCUT2D eigenvalue weighted by Crippen LogP contribution is -2.27. The summed E-state index contributed by atoms with van der Waals surface area (Å²) < 4.78 is 22.1. The normalized spacial score (nSPS) is 11.5. The van der Waals surface area contributed by atoms with Crippen LogP contribution >= 0.6 is 0 Å². The number of pyridine rings is 1. The summed E-state index contributed by atoms with van der Waals surface area (Å²) in [6.07, 6.45) is 2.57.